The fraction of sp³-hybridized carbons (Fsp3) is 0.750. The maximum absolute atomic E-state index is 4.53. The van der Waals surface area contributed by atoms with E-state index in [0.29, 0.717) is 12.0 Å². The van der Waals surface area contributed by atoms with E-state index in [0.717, 1.165) is 30.1 Å². The van der Waals surface area contributed by atoms with Gasteiger partial charge in [-0.25, -0.2) is 4.98 Å². The van der Waals surface area contributed by atoms with Crippen LogP contribution in [0.2, 0.25) is 0 Å². The summed E-state index contributed by atoms with van der Waals surface area (Å²) in [5.74, 6) is 1.49. The van der Waals surface area contributed by atoms with Gasteiger partial charge < -0.3 is 5.32 Å². The Bertz CT molecular complexity index is 360. The van der Waals surface area contributed by atoms with E-state index in [1.165, 1.54) is 12.8 Å². The van der Waals surface area contributed by atoms with Crippen molar-refractivity contribution < 1.29 is 0 Å². The van der Waals surface area contributed by atoms with Crippen LogP contribution >= 0.6 is 0 Å². The quantitative estimate of drug-likeness (QED) is 0.826. The summed E-state index contributed by atoms with van der Waals surface area (Å²) in [6.45, 7) is 6.39. The molecule has 0 aromatic carbocycles. The molecule has 0 amide bonds. The summed E-state index contributed by atoms with van der Waals surface area (Å²) >= 11 is 0. The topological polar surface area (TPSA) is 50.7 Å². The number of hydrogen-bond donors (Lipinski definition) is 1. The maximum atomic E-state index is 4.53. The summed E-state index contributed by atoms with van der Waals surface area (Å²) in [6, 6.07) is 0.471. The fourth-order valence-corrected chi connectivity index (χ4v) is 1.92. The first-order chi connectivity index (χ1) is 7.74. The van der Waals surface area contributed by atoms with Crippen LogP contribution in [0.25, 0.3) is 0 Å². The van der Waals surface area contributed by atoms with Crippen LogP contribution in [-0.4, -0.2) is 21.2 Å². The van der Waals surface area contributed by atoms with Crippen molar-refractivity contribution in [2.45, 2.75) is 52.5 Å². The van der Waals surface area contributed by atoms with Gasteiger partial charge in [-0.1, -0.05) is 13.8 Å². The van der Waals surface area contributed by atoms with E-state index in [2.05, 4.69) is 41.3 Å². The smallest absolute Gasteiger partial charge is 0.243 e. The second-order valence-electron chi connectivity index (χ2n) is 4.51. The maximum Gasteiger partial charge on any atom is 0.243 e. The van der Waals surface area contributed by atoms with E-state index in [1.807, 2.05) is 0 Å². The zero-order chi connectivity index (χ0) is 11.5. The lowest BCUT2D eigenvalue weighted by Gasteiger charge is -2.13. The number of aryl methyl sites for hydroxylation is 2. The average molecular weight is 220 g/mol. The van der Waals surface area contributed by atoms with Crippen LogP contribution in [0, 0.1) is 5.92 Å². The predicted molar refractivity (Wildman–Crippen MR) is 64.4 cm³/mol. The van der Waals surface area contributed by atoms with Crippen molar-refractivity contribution in [1.82, 2.24) is 15.2 Å². The van der Waals surface area contributed by atoms with Gasteiger partial charge in [-0.3, -0.25) is 0 Å². The summed E-state index contributed by atoms with van der Waals surface area (Å²) in [5, 5.41) is 11.7. The van der Waals surface area contributed by atoms with Gasteiger partial charge in [0.15, 0.2) is 0 Å². The van der Waals surface area contributed by atoms with Gasteiger partial charge in [0.1, 0.15) is 0 Å². The van der Waals surface area contributed by atoms with E-state index in [4.69, 9.17) is 0 Å². The van der Waals surface area contributed by atoms with Crippen molar-refractivity contribution in [2.75, 3.05) is 5.32 Å². The second-order valence-corrected chi connectivity index (χ2v) is 4.51. The summed E-state index contributed by atoms with van der Waals surface area (Å²) in [5.41, 5.74) is 2.09. The number of aromatic nitrogens is 3. The summed E-state index contributed by atoms with van der Waals surface area (Å²) in [4.78, 5) is 4.53. The Kier molecular flexibility index (Phi) is 3.36. The Balaban J connectivity index is 2.08. The summed E-state index contributed by atoms with van der Waals surface area (Å²) in [7, 11) is 0. The molecule has 4 nitrogen and oxygen atoms in total. The Morgan fingerprint density at radius 2 is 1.88 bits per heavy atom. The molecular formula is C12H20N4. The molecule has 1 aromatic rings. The standard InChI is InChI=1S/C12H20N4/c1-4-10-11(5-2)15-16-12(14-10)13-8(3)9-6-7-9/h8-9H,4-7H2,1-3H3,(H,13,14,16). The molecule has 4 heteroatoms. The molecule has 0 radical (unpaired) electrons. The van der Waals surface area contributed by atoms with Gasteiger partial charge in [0.2, 0.25) is 5.95 Å². The van der Waals surface area contributed by atoms with Crippen molar-refractivity contribution in [3.8, 4) is 0 Å². The first kappa shape index (κ1) is 11.3. The Hall–Kier alpha value is -1.19. The van der Waals surface area contributed by atoms with E-state index in [-0.39, 0.29) is 0 Å². The predicted octanol–water partition coefficient (Wildman–Crippen LogP) is 2.21. The molecule has 1 aliphatic carbocycles. The highest BCUT2D eigenvalue weighted by atomic mass is 15.2. The van der Waals surface area contributed by atoms with E-state index in [9.17, 15) is 0 Å². The third-order valence-corrected chi connectivity index (χ3v) is 3.20. The fourth-order valence-electron chi connectivity index (χ4n) is 1.92. The molecule has 0 bridgehead atoms. The zero-order valence-electron chi connectivity index (χ0n) is 10.3. The highest BCUT2D eigenvalue weighted by molar-refractivity contribution is 5.27. The Morgan fingerprint density at radius 1 is 1.19 bits per heavy atom. The summed E-state index contributed by atoms with van der Waals surface area (Å²) in [6.07, 6.45) is 4.48. The first-order valence-electron chi connectivity index (χ1n) is 6.23. The number of rotatable bonds is 5. The van der Waals surface area contributed by atoms with Gasteiger partial charge in [0.05, 0.1) is 11.4 Å². The molecule has 0 aliphatic heterocycles. The monoisotopic (exact) mass is 220 g/mol. The van der Waals surface area contributed by atoms with Crippen molar-refractivity contribution in [2.24, 2.45) is 5.92 Å². The van der Waals surface area contributed by atoms with Gasteiger partial charge in [-0.15, -0.1) is 5.10 Å². The highest BCUT2D eigenvalue weighted by Crippen LogP contribution is 2.33. The number of anilines is 1. The van der Waals surface area contributed by atoms with Crippen molar-refractivity contribution >= 4 is 5.95 Å². The van der Waals surface area contributed by atoms with Crippen LogP contribution in [0.3, 0.4) is 0 Å². The molecule has 2 rings (SSSR count). The molecule has 1 saturated carbocycles. The summed E-state index contributed by atoms with van der Waals surface area (Å²) < 4.78 is 0. The van der Waals surface area contributed by atoms with Crippen LogP contribution < -0.4 is 5.32 Å². The van der Waals surface area contributed by atoms with E-state index >= 15 is 0 Å². The van der Waals surface area contributed by atoms with Crippen molar-refractivity contribution in [3.05, 3.63) is 11.4 Å². The van der Waals surface area contributed by atoms with Crippen molar-refractivity contribution in [1.29, 1.82) is 0 Å². The van der Waals surface area contributed by atoms with Gasteiger partial charge in [-0.2, -0.15) is 5.10 Å². The minimum atomic E-state index is 0.471. The molecule has 1 heterocycles. The van der Waals surface area contributed by atoms with Crippen LogP contribution in [0.1, 0.15) is 45.0 Å². The van der Waals surface area contributed by atoms with Gasteiger partial charge in [0, 0.05) is 6.04 Å². The van der Waals surface area contributed by atoms with Crippen LogP contribution in [-0.2, 0) is 12.8 Å². The van der Waals surface area contributed by atoms with Gasteiger partial charge in [0.25, 0.3) is 0 Å². The molecule has 0 saturated heterocycles. The highest BCUT2D eigenvalue weighted by Gasteiger charge is 2.28. The molecule has 16 heavy (non-hydrogen) atoms. The molecular weight excluding hydrogens is 200 g/mol. The molecule has 1 atom stereocenters. The molecule has 1 N–H and O–H groups in total. The molecule has 88 valence electrons. The van der Waals surface area contributed by atoms with E-state index < -0.39 is 0 Å². The average Bonchev–Trinajstić information content (AvgIpc) is 3.12. The minimum absolute atomic E-state index is 0.471. The number of nitrogens with zero attached hydrogens (tertiary/aromatic N) is 3. The molecule has 1 aliphatic rings. The molecule has 1 aromatic heterocycles. The lowest BCUT2D eigenvalue weighted by atomic mass is 10.2. The normalized spacial score (nSPS) is 17.2. The first-order valence-corrected chi connectivity index (χ1v) is 6.23. The number of hydrogen-bond acceptors (Lipinski definition) is 4. The lowest BCUT2D eigenvalue weighted by Crippen LogP contribution is -2.20. The largest absolute Gasteiger partial charge is 0.350 e. The Labute approximate surface area is 96.9 Å². The molecule has 1 fully saturated rings. The van der Waals surface area contributed by atoms with Crippen LogP contribution in [0.4, 0.5) is 5.95 Å². The van der Waals surface area contributed by atoms with Crippen molar-refractivity contribution in [3.63, 3.8) is 0 Å². The van der Waals surface area contributed by atoms with Gasteiger partial charge >= 0.3 is 0 Å². The van der Waals surface area contributed by atoms with Crippen LogP contribution in [0.15, 0.2) is 0 Å². The lowest BCUT2D eigenvalue weighted by molar-refractivity contribution is 0.677. The SMILES string of the molecule is CCc1nnc(NC(C)C2CC2)nc1CC. The third kappa shape index (κ3) is 2.49. The number of nitrogens with one attached hydrogen (secondary N) is 1. The third-order valence-electron chi connectivity index (χ3n) is 3.20. The molecule has 0 spiro atoms. The van der Waals surface area contributed by atoms with Crippen LogP contribution in [0.5, 0.6) is 0 Å². The zero-order valence-corrected chi connectivity index (χ0v) is 10.3. The Morgan fingerprint density at radius 3 is 2.44 bits per heavy atom. The van der Waals surface area contributed by atoms with Gasteiger partial charge in [-0.05, 0) is 38.5 Å². The van der Waals surface area contributed by atoms with E-state index in [1.54, 1.807) is 0 Å². The minimum Gasteiger partial charge on any atom is -0.350 e. The second kappa shape index (κ2) is 4.76. The molecule has 1 unspecified atom stereocenters.